The number of hydrogen-bond acceptors (Lipinski definition) is 4. The van der Waals surface area contributed by atoms with Crippen LogP contribution in [-0.4, -0.2) is 19.3 Å². The van der Waals surface area contributed by atoms with Crippen molar-refractivity contribution in [2.24, 2.45) is 16.2 Å². The molecular weight excluding hydrogens is 625 g/mol. The predicted octanol–water partition coefficient (Wildman–Crippen LogP) is 12.2. The third kappa shape index (κ3) is 7.11. The Balaban J connectivity index is 1.28. The fourth-order valence-corrected chi connectivity index (χ4v) is 11.2. The Morgan fingerprint density at radius 3 is 2.06 bits per heavy atom. The van der Waals surface area contributed by atoms with E-state index in [0.29, 0.717) is 22.2 Å². The molecule has 7 rings (SSSR count). The van der Waals surface area contributed by atoms with Gasteiger partial charge in [0.05, 0.1) is 12.2 Å². The van der Waals surface area contributed by atoms with Gasteiger partial charge in [0.25, 0.3) is 0 Å². The summed E-state index contributed by atoms with van der Waals surface area (Å²) in [4.78, 5) is 0. The van der Waals surface area contributed by atoms with Gasteiger partial charge in [0.2, 0.25) is 5.79 Å². The molecule has 1 saturated heterocycles. The van der Waals surface area contributed by atoms with E-state index in [4.69, 9.17) is 9.47 Å². The quantitative estimate of drug-likeness (QED) is 0.203. The van der Waals surface area contributed by atoms with Crippen molar-refractivity contribution in [2.45, 2.75) is 124 Å². The lowest BCUT2D eigenvalue weighted by molar-refractivity contribution is -0.297. The number of nitrogens with one attached hydrogen (secondary N) is 2. The predicted molar refractivity (Wildman–Crippen MR) is 214 cm³/mol. The SMILES string of the molecule is CN/C=C\Nc1ccccc1C1(c2ccccc2-c2c(C)ccc3cc(C4CCC5(CC4)CC(C)(C)CC(C)(C)C5)ccc23)OC(C)CC(C)O1. The number of anilines is 1. The third-order valence-electron chi connectivity index (χ3n) is 12.2. The second kappa shape index (κ2) is 13.7. The standard InChI is InChI=1S/C47H60N2O2/c1-32-17-18-37-28-36(35-21-23-46(24-22-35)30-44(4,5)29-45(6,7)31-46)19-20-38(37)43(32)39-13-9-10-14-40(39)47(50-33(2)27-34(3)51-47)41-15-11-12-16-42(41)49-26-25-48-8/h9-20,25-26,28,33-35,48-49H,21-24,27,29-31H2,1-8H3/b26-25-. The van der Waals surface area contributed by atoms with Crippen LogP contribution in [0.3, 0.4) is 0 Å². The molecule has 4 aromatic rings. The van der Waals surface area contributed by atoms with Crippen LogP contribution < -0.4 is 10.6 Å². The summed E-state index contributed by atoms with van der Waals surface area (Å²) in [7, 11) is 1.90. The molecule has 51 heavy (non-hydrogen) atoms. The topological polar surface area (TPSA) is 42.5 Å². The first-order chi connectivity index (χ1) is 24.3. The summed E-state index contributed by atoms with van der Waals surface area (Å²) in [5, 5.41) is 9.17. The summed E-state index contributed by atoms with van der Waals surface area (Å²) in [6.07, 6.45) is 14.1. The second-order valence-corrected chi connectivity index (χ2v) is 17.9. The molecule has 4 nitrogen and oxygen atoms in total. The maximum atomic E-state index is 7.05. The van der Waals surface area contributed by atoms with E-state index < -0.39 is 5.79 Å². The number of hydrogen-bond donors (Lipinski definition) is 2. The van der Waals surface area contributed by atoms with Crippen molar-refractivity contribution >= 4 is 16.5 Å². The molecule has 1 aliphatic heterocycles. The number of para-hydroxylation sites is 1. The van der Waals surface area contributed by atoms with Crippen LogP contribution in [0.2, 0.25) is 0 Å². The summed E-state index contributed by atoms with van der Waals surface area (Å²) < 4.78 is 14.1. The molecule has 1 spiro atoms. The highest BCUT2D eigenvalue weighted by Crippen LogP contribution is 2.60. The van der Waals surface area contributed by atoms with Gasteiger partial charge in [-0.25, -0.2) is 0 Å². The molecule has 0 amide bonds. The van der Waals surface area contributed by atoms with Gasteiger partial charge in [0.1, 0.15) is 0 Å². The highest BCUT2D eigenvalue weighted by atomic mass is 16.7. The minimum absolute atomic E-state index is 0.0132. The fraction of sp³-hybridized carbons (Fsp3) is 0.489. The number of rotatable bonds is 7. The largest absolute Gasteiger partial charge is 0.393 e. The highest BCUT2D eigenvalue weighted by Gasteiger charge is 2.49. The van der Waals surface area contributed by atoms with Crippen LogP contribution in [0.25, 0.3) is 21.9 Å². The zero-order valence-corrected chi connectivity index (χ0v) is 32.4. The molecule has 0 radical (unpaired) electrons. The third-order valence-corrected chi connectivity index (χ3v) is 12.2. The van der Waals surface area contributed by atoms with Gasteiger partial charge in [0.15, 0.2) is 0 Å². The van der Waals surface area contributed by atoms with Gasteiger partial charge in [-0.05, 0) is 133 Å². The van der Waals surface area contributed by atoms with Crippen LogP contribution >= 0.6 is 0 Å². The Morgan fingerprint density at radius 2 is 1.37 bits per heavy atom. The van der Waals surface area contributed by atoms with Gasteiger partial charge in [-0.15, -0.1) is 0 Å². The van der Waals surface area contributed by atoms with Crippen molar-refractivity contribution in [1.29, 1.82) is 0 Å². The lowest BCUT2D eigenvalue weighted by Crippen LogP contribution is -2.46. The average Bonchev–Trinajstić information content (AvgIpc) is 3.07. The molecule has 0 aromatic heterocycles. The summed E-state index contributed by atoms with van der Waals surface area (Å²) in [5.74, 6) is -0.471. The lowest BCUT2D eigenvalue weighted by atomic mass is 9.51. The van der Waals surface area contributed by atoms with Crippen LogP contribution in [0.5, 0.6) is 0 Å². The molecule has 2 N–H and O–H groups in total. The molecule has 0 bridgehead atoms. The molecule has 2 saturated carbocycles. The van der Waals surface area contributed by atoms with E-state index in [9.17, 15) is 0 Å². The summed E-state index contributed by atoms with van der Waals surface area (Å²) in [5.41, 5.74) is 9.50. The number of benzene rings is 4. The van der Waals surface area contributed by atoms with Gasteiger partial charge in [-0.1, -0.05) is 100 Å². The Hall–Kier alpha value is -3.60. The van der Waals surface area contributed by atoms with Gasteiger partial charge in [0, 0.05) is 36.3 Å². The first kappa shape index (κ1) is 35.8. The van der Waals surface area contributed by atoms with Crippen molar-refractivity contribution in [3.8, 4) is 11.1 Å². The summed E-state index contributed by atoms with van der Waals surface area (Å²) in [6, 6.07) is 29.1. The Bertz CT molecular complexity index is 1870. The van der Waals surface area contributed by atoms with E-state index in [-0.39, 0.29) is 12.2 Å². The minimum Gasteiger partial charge on any atom is -0.393 e. The smallest absolute Gasteiger partial charge is 0.225 e. The first-order valence-corrected chi connectivity index (χ1v) is 19.5. The zero-order chi connectivity index (χ0) is 36.0. The van der Waals surface area contributed by atoms with Crippen LogP contribution in [0.1, 0.15) is 121 Å². The van der Waals surface area contributed by atoms with E-state index in [1.165, 1.54) is 72.4 Å². The van der Waals surface area contributed by atoms with E-state index >= 15 is 0 Å². The number of fused-ring (bicyclic) bond motifs is 1. The highest BCUT2D eigenvalue weighted by molar-refractivity contribution is 5.99. The Morgan fingerprint density at radius 1 is 0.725 bits per heavy atom. The Labute approximate surface area is 307 Å². The molecule has 4 heteroatoms. The fourth-order valence-electron chi connectivity index (χ4n) is 11.2. The second-order valence-electron chi connectivity index (χ2n) is 17.9. The molecule has 4 aromatic carbocycles. The first-order valence-electron chi connectivity index (χ1n) is 19.5. The van der Waals surface area contributed by atoms with E-state index in [1.54, 1.807) is 0 Å². The summed E-state index contributed by atoms with van der Waals surface area (Å²) in [6.45, 7) is 16.6. The van der Waals surface area contributed by atoms with E-state index in [1.807, 2.05) is 19.4 Å². The minimum atomic E-state index is -1.10. The van der Waals surface area contributed by atoms with Gasteiger partial charge < -0.3 is 20.1 Å². The molecule has 270 valence electrons. The maximum absolute atomic E-state index is 7.05. The van der Waals surface area contributed by atoms with Crippen molar-refractivity contribution < 1.29 is 9.47 Å². The van der Waals surface area contributed by atoms with E-state index in [2.05, 4.69) is 138 Å². The molecule has 2 unspecified atom stereocenters. The summed E-state index contributed by atoms with van der Waals surface area (Å²) >= 11 is 0. The molecule has 2 aliphatic carbocycles. The normalized spacial score (nSPS) is 26.0. The van der Waals surface area contributed by atoms with Gasteiger partial charge in [-0.3, -0.25) is 0 Å². The monoisotopic (exact) mass is 684 g/mol. The van der Waals surface area contributed by atoms with Gasteiger partial charge in [-0.2, -0.15) is 0 Å². The average molecular weight is 685 g/mol. The Kier molecular flexibility index (Phi) is 9.65. The maximum Gasteiger partial charge on any atom is 0.225 e. The molecule has 3 fully saturated rings. The number of aryl methyl sites for hydroxylation is 1. The van der Waals surface area contributed by atoms with Crippen molar-refractivity contribution in [1.82, 2.24) is 5.32 Å². The molecular formula is C47H60N2O2. The van der Waals surface area contributed by atoms with Gasteiger partial charge >= 0.3 is 0 Å². The van der Waals surface area contributed by atoms with Crippen LogP contribution in [0, 0.1) is 23.2 Å². The zero-order valence-electron chi connectivity index (χ0n) is 32.4. The van der Waals surface area contributed by atoms with Crippen LogP contribution in [0.4, 0.5) is 5.69 Å². The van der Waals surface area contributed by atoms with Crippen LogP contribution in [0.15, 0.2) is 91.3 Å². The molecule has 3 aliphatic rings. The van der Waals surface area contributed by atoms with Crippen molar-refractivity contribution in [3.63, 3.8) is 0 Å². The van der Waals surface area contributed by atoms with Crippen LogP contribution in [-0.2, 0) is 15.3 Å². The lowest BCUT2D eigenvalue weighted by Gasteiger charge is -2.54. The van der Waals surface area contributed by atoms with E-state index in [0.717, 1.165) is 28.8 Å². The molecule has 2 atom stereocenters. The number of ether oxygens (including phenoxy) is 2. The van der Waals surface area contributed by atoms with Crippen molar-refractivity contribution in [3.05, 3.63) is 114 Å². The molecule has 1 heterocycles. The van der Waals surface area contributed by atoms with Crippen molar-refractivity contribution in [2.75, 3.05) is 12.4 Å².